The maximum absolute atomic E-state index is 12.8. The highest BCUT2D eigenvalue weighted by molar-refractivity contribution is 5.71. The van der Waals surface area contributed by atoms with Crippen molar-refractivity contribution >= 4 is 17.9 Å². The summed E-state index contributed by atoms with van der Waals surface area (Å²) in [6.07, 6.45) is 68.8. The Morgan fingerprint density at radius 3 is 0.924 bits per heavy atom. The van der Waals surface area contributed by atoms with Crippen LogP contribution in [0.4, 0.5) is 0 Å². The molecule has 0 aromatic rings. The molecule has 0 rings (SSSR count). The first-order valence-electron chi connectivity index (χ1n) is 27.9. The summed E-state index contributed by atoms with van der Waals surface area (Å²) in [6, 6.07) is 0. The van der Waals surface area contributed by atoms with Crippen LogP contribution < -0.4 is 0 Å². The quantitative estimate of drug-likeness (QED) is 0.0262. The molecular weight excluding hydrogens is 817 g/mol. The molecule has 66 heavy (non-hydrogen) atoms. The van der Waals surface area contributed by atoms with Gasteiger partial charge in [-0.25, -0.2) is 0 Å². The van der Waals surface area contributed by atoms with E-state index in [0.29, 0.717) is 19.3 Å². The third kappa shape index (κ3) is 51.8. The topological polar surface area (TPSA) is 78.9 Å². The Balaban J connectivity index is 4.45. The molecule has 0 radical (unpaired) electrons. The Labute approximate surface area is 408 Å². The summed E-state index contributed by atoms with van der Waals surface area (Å²) in [6.45, 7) is 6.56. The van der Waals surface area contributed by atoms with E-state index in [-0.39, 0.29) is 31.1 Å². The van der Waals surface area contributed by atoms with Gasteiger partial charge in [0.1, 0.15) is 13.2 Å². The zero-order valence-electron chi connectivity index (χ0n) is 43.4. The molecule has 0 aliphatic carbocycles. The Morgan fingerprint density at radius 1 is 0.303 bits per heavy atom. The van der Waals surface area contributed by atoms with Crippen molar-refractivity contribution in [3.63, 3.8) is 0 Å². The van der Waals surface area contributed by atoms with E-state index in [2.05, 4.69) is 93.7 Å². The van der Waals surface area contributed by atoms with Gasteiger partial charge in [-0.05, 0) is 116 Å². The fraction of sp³-hybridized carbons (Fsp3) is 0.750. The van der Waals surface area contributed by atoms with Gasteiger partial charge in [0.2, 0.25) is 0 Å². The van der Waals surface area contributed by atoms with Crippen LogP contribution >= 0.6 is 0 Å². The lowest BCUT2D eigenvalue weighted by atomic mass is 10.1. The molecule has 1 atom stereocenters. The molecule has 0 bridgehead atoms. The van der Waals surface area contributed by atoms with Crippen LogP contribution in [0.2, 0.25) is 0 Å². The van der Waals surface area contributed by atoms with Crippen molar-refractivity contribution in [2.45, 2.75) is 277 Å². The highest BCUT2D eigenvalue weighted by Gasteiger charge is 2.19. The first kappa shape index (κ1) is 62.8. The Morgan fingerprint density at radius 2 is 0.545 bits per heavy atom. The largest absolute Gasteiger partial charge is 0.462 e. The molecule has 6 nitrogen and oxygen atoms in total. The summed E-state index contributed by atoms with van der Waals surface area (Å²) in [7, 11) is 0. The molecule has 0 aliphatic rings. The van der Waals surface area contributed by atoms with Gasteiger partial charge in [0.05, 0.1) is 0 Å². The number of hydrogen-bond donors (Lipinski definition) is 0. The van der Waals surface area contributed by atoms with Gasteiger partial charge in [-0.2, -0.15) is 0 Å². The zero-order valence-corrected chi connectivity index (χ0v) is 43.4. The van der Waals surface area contributed by atoms with E-state index in [9.17, 15) is 14.4 Å². The molecular formula is C60H104O6. The third-order valence-electron chi connectivity index (χ3n) is 11.9. The second-order valence-corrected chi connectivity index (χ2v) is 18.5. The van der Waals surface area contributed by atoms with Crippen LogP contribution in [-0.2, 0) is 28.6 Å². The number of unbranched alkanes of at least 4 members (excludes halogenated alkanes) is 27. The minimum atomic E-state index is -0.796. The number of esters is 3. The van der Waals surface area contributed by atoms with Crippen molar-refractivity contribution in [3.8, 4) is 0 Å². The first-order chi connectivity index (χ1) is 32.5. The minimum absolute atomic E-state index is 0.0931. The van der Waals surface area contributed by atoms with Crippen LogP contribution in [-0.4, -0.2) is 37.2 Å². The van der Waals surface area contributed by atoms with E-state index in [0.717, 1.165) is 103 Å². The molecule has 0 fully saturated rings. The lowest BCUT2D eigenvalue weighted by Crippen LogP contribution is -2.30. The second-order valence-electron chi connectivity index (χ2n) is 18.5. The van der Waals surface area contributed by atoms with Crippen LogP contribution in [0.15, 0.2) is 72.9 Å². The average Bonchev–Trinajstić information content (AvgIpc) is 3.31. The van der Waals surface area contributed by atoms with Gasteiger partial charge in [-0.3, -0.25) is 14.4 Å². The maximum atomic E-state index is 12.8. The molecule has 0 aromatic carbocycles. The molecule has 0 amide bonds. The lowest BCUT2D eigenvalue weighted by Gasteiger charge is -2.18. The summed E-state index contributed by atoms with van der Waals surface area (Å²) in [5, 5.41) is 0. The van der Waals surface area contributed by atoms with Gasteiger partial charge in [-0.1, -0.05) is 209 Å². The van der Waals surface area contributed by atoms with Crippen molar-refractivity contribution in [1.82, 2.24) is 0 Å². The Bertz CT molecular complexity index is 1240. The van der Waals surface area contributed by atoms with E-state index in [1.807, 2.05) is 0 Å². The summed E-state index contributed by atoms with van der Waals surface area (Å²) in [5.41, 5.74) is 0. The smallest absolute Gasteiger partial charge is 0.306 e. The molecule has 6 heteroatoms. The van der Waals surface area contributed by atoms with E-state index in [1.54, 1.807) is 0 Å². The molecule has 380 valence electrons. The lowest BCUT2D eigenvalue weighted by molar-refractivity contribution is -0.167. The monoisotopic (exact) mass is 921 g/mol. The Hall–Kier alpha value is -3.15. The summed E-state index contributed by atoms with van der Waals surface area (Å²) >= 11 is 0. The van der Waals surface area contributed by atoms with E-state index < -0.39 is 6.10 Å². The number of rotatable bonds is 50. The van der Waals surface area contributed by atoms with Crippen molar-refractivity contribution < 1.29 is 28.6 Å². The van der Waals surface area contributed by atoms with Crippen molar-refractivity contribution in [3.05, 3.63) is 72.9 Å². The SMILES string of the molecule is CCCCC/C=C\C/C=C\C/C=C\C/C=C\CCCCCC(=O)OC[C@@H](COC(=O)CCCCCCC/C=C\CCCCCC)OC(=O)CCCCCCC/C=C\CCCCCCCCC. The van der Waals surface area contributed by atoms with Gasteiger partial charge in [0, 0.05) is 19.3 Å². The molecule has 0 saturated carbocycles. The van der Waals surface area contributed by atoms with Crippen molar-refractivity contribution in [2.75, 3.05) is 13.2 Å². The average molecular weight is 921 g/mol. The third-order valence-corrected chi connectivity index (χ3v) is 11.9. The van der Waals surface area contributed by atoms with Gasteiger partial charge < -0.3 is 14.2 Å². The summed E-state index contributed by atoms with van der Waals surface area (Å²) in [5.74, 6) is -0.936. The first-order valence-corrected chi connectivity index (χ1v) is 27.9. The molecule has 0 spiro atoms. The van der Waals surface area contributed by atoms with Gasteiger partial charge >= 0.3 is 17.9 Å². The standard InChI is InChI=1S/C60H104O6/c1-4-7-10-13-16-19-22-25-27-29-30-31-33-35-38-41-44-47-50-53-59(62)65-56-57(55-64-58(61)52-49-46-43-40-37-34-24-21-18-15-12-9-6-3)66-60(63)54-51-48-45-42-39-36-32-28-26-23-20-17-14-11-8-5-2/h16,19,21,24-25,27-28,30-32,35,38,57H,4-15,17-18,20,22-23,26,29,33-34,36-37,39-56H2,1-3H3/b19-16-,24-21-,27-25-,31-30-,32-28-,38-35-/t57-/m1/s1. The number of ether oxygens (including phenoxy) is 3. The molecule has 0 aromatic heterocycles. The van der Waals surface area contributed by atoms with Gasteiger partial charge in [0.15, 0.2) is 6.10 Å². The normalized spacial score (nSPS) is 12.6. The van der Waals surface area contributed by atoms with Crippen LogP contribution in [0.1, 0.15) is 271 Å². The zero-order chi connectivity index (χ0) is 47.9. The highest BCUT2D eigenvalue weighted by atomic mass is 16.6. The van der Waals surface area contributed by atoms with Crippen LogP contribution in [0, 0.1) is 0 Å². The van der Waals surface area contributed by atoms with E-state index in [4.69, 9.17) is 14.2 Å². The predicted octanol–water partition coefficient (Wildman–Crippen LogP) is 18.6. The number of allylic oxidation sites excluding steroid dienone is 12. The number of carbonyl (C=O) groups is 3. The fourth-order valence-electron chi connectivity index (χ4n) is 7.65. The van der Waals surface area contributed by atoms with Gasteiger partial charge in [-0.15, -0.1) is 0 Å². The van der Waals surface area contributed by atoms with E-state index in [1.165, 1.54) is 128 Å². The summed E-state index contributed by atoms with van der Waals surface area (Å²) in [4.78, 5) is 38.1. The van der Waals surface area contributed by atoms with Crippen molar-refractivity contribution in [1.29, 1.82) is 0 Å². The van der Waals surface area contributed by atoms with Crippen molar-refractivity contribution in [2.24, 2.45) is 0 Å². The highest BCUT2D eigenvalue weighted by Crippen LogP contribution is 2.14. The molecule has 0 aliphatic heterocycles. The van der Waals surface area contributed by atoms with Crippen LogP contribution in [0.3, 0.4) is 0 Å². The van der Waals surface area contributed by atoms with Crippen LogP contribution in [0.5, 0.6) is 0 Å². The minimum Gasteiger partial charge on any atom is -0.462 e. The summed E-state index contributed by atoms with van der Waals surface area (Å²) < 4.78 is 16.8. The predicted molar refractivity (Wildman–Crippen MR) is 284 cm³/mol. The van der Waals surface area contributed by atoms with E-state index >= 15 is 0 Å². The number of carbonyl (C=O) groups excluding carboxylic acids is 3. The van der Waals surface area contributed by atoms with Gasteiger partial charge in [0.25, 0.3) is 0 Å². The molecule has 0 heterocycles. The molecule has 0 saturated heterocycles. The number of hydrogen-bond acceptors (Lipinski definition) is 6. The molecule has 0 N–H and O–H groups in total. The fourth-order valence-corrected chi connectivity index (χ4v) is 7.65. The maximum Gasteiger partial charge on any atom is 0.306 e. The van der Waals surface area contributed by atoms with Crippen LogP contribution in [0.25, 0.3) is 0 Å². The molecule has 0 unspecified atom stereocenters. The second kappa shape index (κ2) is 54.5. The Kier molecular flexibility index (Phi) is 51.9.